The lowest BCUT2D eigenvalue weighted by molar-refractivity contribution is -0.140. The third kappa shape index (κ3) is 4.27. The maximum absolute atomic E-state index is 11.8. The number of aliphatic carboxylic acids is 1. The lowest BCUT2D eigenvalue weighted by Crippen LogP contribution is -2.46. The van der Waals surface area contributed by atoms with Crippen molar-refractivity contribution in [2.45, 2.75) is 45.6 Å². The van der Waals surface area contributed by atoms with Gasteiger partial charge >= 0.3 is 5.97 Å². The summed E-state index contributed by atoms with van der Waals surface area (Å²) in [7, 11) is -3.47. The highest BCUT2D eigenvalue weighted by Crippen LogP contribution is 2.27. The number of hydrogen-bond donors (Lipinski definition) is 2. The highest BCUT2D eigenvalue weighted by molar-refractivity contribution is 7.89. The molecule has 0 aliphatic heterocycles. The molecule has 100 valence electrons. The van der Waals surface area contributed by atoms with Crippen LogP contribution < -0.4 is 4.72 Å². The molecule has 0 saturated heterocycles. The Hall–Kier alpha value is -0.620. The van der Waals surface area contributed by atoms with E-state index in [0.717, 1.165) is 19.3 Å². The van der Waals surface area contributed by atoms with Gasteiger partial charge in [-0.15, -0.1) is 0 Å². The van der Waals surface area contributed by atoms with Gasteiger partial charge in [0.2, 0.25) is 10.0 Å². The Morgan fingerprint density at radius 1 is 1.47 bits per heavy atom. The van der Waals surface area contributed by atoms with E-state index < -0.39 is 22.0 Å². The van der Waals surface area contributed by atoms with Gasteiger partial charge in [0, 0.05) is 0 Å². The first-order valence-corrected chi connectivity index (χ1v) is 7.73. The quantitative estimate of drug-likeness (QED) is 0.723. The maximum Gasteiger partial charge on any atom is 0.322 e. The summed E-state index contributed by atoms with van der Waals surface area (Å²) in [6, 6.07) is -1.01. The Labute approximate surface area is 103 Å². The van der Waals surface area contributed by atoms with Gasteiger partial charge in [-0.25, -0.2) is 13.1 Å². The third-order valence-corrected chi connectivity index (χ3v) is 4.99. The zero-order valence-corrected chi connectivity index (χ0v) is 11.2. The normalized spacial score (nSPS) is 20.6. The SMILES string of the molecule is CC[C@H](C)[C@H](NS(=O)(=O)CC1CCC1)C(=O)O. The lowest BCUT2D eigenvalue weighted by Gasteiger charge is -2.27. The first-order valence-electron chi connectivity index (χ1n) is 6.08. The van der Waals surface area contributed by atoms with Crippen molar-refractivity contribution in [1.29, 1.82) is 0 Å². The van der Waals surface area contributed by atoms with Crippen molar-refractivity contribution < 1.29 is 18.3 Å². The molecule has 0 aromatic heterocycles. The molecule has 5 nitrogen and oxygen atoms in total. The number of rotatable bonds is 7. The Balaban J connectivity index is 2.61. The second-order valence-corrected chi connectivity index (χ2v) is 6.70. The molecule has 0 aromatic carbocycles. The lowest BCUT2D eigenvalue weighted by atomic mass is 9.87. The van der Waals surface area contributed by atoms with E-state index in [-0.39, 0.29) is 17.6 Å². The molecule has 1 aliphatic rings. The van der Waals surface area contributed by atoms with Gasteiger partial charge in [-0.1, -0.05) is 26.7 Å². The van der Waals surface area contributed by atoms with Gasteiger partial charge in [-0.2, -0.15) is 0 Å². The Morgan fingerprint density at radius 3 is 2.41 bits per heavy atom. The molecule has 0 aromatic rings. The molecule has 6 heteroatoms. The molecule has 0 spiro atoms. The molecule has 0 amide bonds. The first-order chi connectivity index (χ1) is 7.85. The predicted octanol–water partition coefficient (Wildman–Crippen LogP) is 1.21. The average Bonchev–Trinajstić information content (AvgIpc) is 2.19. The average molecular weight is 263 g/mol. The molecule has 2 N–H and O–H groups in total. The van der Waals surface area contributed by atoms with E-state index in [2.05, 4.69) is 4.72 Å². The van der Waals surface area contributed by atoms with Gasteiger partial charge in [0.1, 0.15) is 6.04 Å². The van der Waals surface area contributed by atoms with Crippen molar-refractivity contribution >= 4 is 16.0 Å². The molecule has 1 rings (SSSR count). The molecule has 0 heterocycles. The summed E-state index contributed by atoms with van der Waals surface area (Å²) in [5.74, 6) is -1.04. The van der Waals surface area contributed by atoms with Gasteiger partial charge in [0.05, 0.1) is 5.75 Å². The van der Waals surface area contributed by atoms with Crippen LogP contribution in [0.15, 0.2) is 0 Å². The largest absolute Gasteiger partial charge is 0.480 e. The topological polar surface area (TPSA) is 83.5 Å². The van der Waals surface area contributed by atoms with E-state index in [9.17, 15) is 13.2 Å². The Morgan fingerprint density at radius 2 is 2.06 bits per heavy atom. The fourth-order valence-corrected chi connectivity index (χ4v) is 3.63. The molecule has 1 fully saturated rings. The van der Waals surface area contributed by atoms with E-state index in [1.807, 2.05) is 6.92 Å². The second-order valence-electron chi connectivity index (χ2n) is 4.90. The minimum Gasteiger partial charge on any atom is -0.480 e. The summed E-state index contributed by atoms with van der Waals surface area (Å²) < 4.78 is 25.9. The summed E-state index contributed by atoms with van der Waals surface area (Å²) in [6.45, 7) is 3.59. The molecule has 1 aliphatic carbocycles. The van der Waals surface area contributed by atoms with Crippen LogP contribution in [0.25, 0.3) is 0 Å². The molecule has 17 heavy (non-hydrogen) atoms. The zero-order valence-electron chi connectivity index (χ0n) is 10.3. The second kappa shape index (κ2) is 5.82. The van der Waals surface area contributed by atoms with Crippen LogP contribution in [-0.4, -0.2) is 31.3 Å². The van der Waals surface area contributed by atoms with Gasteiger partial charge in [-0.05, 0) is 24.7 Å². The first kappa shape index (κ1) is 14.4. The Kier molecular flexibility index (Phi) is 4.94. The van der Waals surface area contributed by atoms with E-state index in [1.54, 1.807) is 6.92 Å². The molecular weight excluding hydrogens is 242 g/mol. The fourth-order valence-electron chi connectivity index (χ4n) is 1.86. The van der Waals surface area contributed by atoms with E-state index >= 15 is 0 Å². The van der Waals surface area contributed by atoms with Gasteiger partial charge in [0.25, 0.3) is 0 Å². The molecule has 0 radical (unpaired) electrons. The van der Waals surface area contributed by atoms with Crippen LogP contribution in [0.4, 0.5) is 0 Å². The number of sulfonamides is 1. The van der Waals surface area contributed by atoms with Crippen LogP contribution in [0, 0.1) is 11.8 Å². The van der Waals surface area contributed by atoms with E-state index in [0.29, 0.717) is 6.42 Å². The minimum absolute atomic E-state index is 0.0627. The smallest absolute Gasteiger partial charge is 0.322 e. The minimum atomic E-state index is -3.47. The number of carboxylic acids is 1. The van der Waals surface area contributed by atoms with Crippen molar-refractivity contribution in [2.24, 2.45) is 11.8 Å². The summed E-state index contributed by atoms with van der Waals surface area (Å²) in [6.07, 6.45) is 3.57. The molecule has 0 bridgehead atoms. The molecule has 0 unspecified atom stereocenters. The third-order valence-electron chi connectivity index (χ3n) is 3.47. The Bertz CT molecular complexity index is 362. The summed E-state index contributed by atoms with van der Waals surface area (Å²) in [5, 5.41) is 9.02. The highest BCUT2D eigenvalue weighted by atomic mass is 32.2. The monoisotopic (exact) mass is 263 g/mol. The number of carbonyl (C=O) groups is 1. The number of carboxylic acid groups (broad SMARTS) is 1. The van der Waals surface area contributed by atoms with Crippen LogP contribution in [-0.2, 0) is 14.8 Å². The van der Waals surface area contributed by atoms with Crippen LogP contribution >= 0.6 is 0 Å². The van der Waals surface area contributed by atoms with Crippen LogP contribution in [0.1, 0.15) is 39.5 Å². The predicted molar refractivity (Wildman–Crippen MR) is 65.1 cm³/mol. The van der Waals surface area contributed by atoms with Gasteiger partial charge in [0.15, 0.2) is 0 Å². The van der Waals surface area contributed by atoms with E-state index in [1.165, 1.54) is 0 Å². The van der Waals surface area contributed by atoms with Crippen molar-refractivity contribution in [2.75, 3.05) is 5.75 Å². The maximum atomic E-state index is 11.8. The standard InChI is InChI=1S/C11H21NO4S/c1-3-8(2)10(11(13)14)12-17(15,16)7-9-5-4-6-9/h8-10,12H,3-7H2,1-2H3,(H,13,14)/t8-,10-/m0/s1. The summed E-state index contributed by atoms with van der Waals surface area (Å²) in [4.78, 5) is 11.0. The van der Waals surface area contributed by atoms with Crippen LogP contribution in [0.2, 0.25) is 0 Å². The van der Waals surface area contributed by atoms with Gasteiger partial charge in [-0.3, -0.25) is 4.79 Å². The van der Waals surface area contributed by atoms with Crippen molar-refractivity contribution in [3.05, 3.63) is 0 Å². The summed E-state index contributed by atoms with van der Waals surface area (Å²) in [5.41, 5.74) is 0. The van der Waals surface area contributed by atoms with Crippen molar-refractivity contribution in [3.8, 4) is 0 Å². The summed E-state index contributed by atoms with van der Waals surface area (Å²) >= 11 is 0. The fraction of sp³-hybridized carbons (Fsp3) is 0.909. The molecular formula is C11H21NO4S. The van der Waals surface area contributed by atoms with Crippen molar-refractivity contribution in [3.63, 3.8) is 0 Å². The van der Waals surface area contributed by atoms with Crippen LogP contribution in [0.5, 0.6) is 0 Å². The molecule has 2 atom stereocenters. The van der Waals surface area contributed by atoms with Crippen molar-refractivity contribution in [1.82, 2.24) is 4.72 Å². The number of hydrogen-bond acceptors (Lipinski definition) is 3. The van der Waals surface area contributed by atoms with Gasteiger partial charge < -0.3 is 5.11 Å². The van der Waals surface area contributed by atoms with E-state index in [4.69, 9.17) is 5.11 Å². The highest BCUT2D eigenvalue weighted by Gasteiger charge is 2.31. The number of nitrogens with one attached hydrogen (secondary N) is 1. The zero-order chi connectivity index (χ0) is 13.1. The van der Waals surface area contributed by atoms with Crippen LogP contribution in [0.3, 0.4) is 0 Å². The molecule has 1 saturated carbocycles.